The first kappa shape index (κ1) is 71.1. The maximum absolute atomic E-state index is 12.8. The van der Waals surface area contributed by atoms with E-state index in [2.05, 4.69) is 69.4 Å². The third-order valence-corrected chi connectivity index (χ3v) is 14.3. The van der Waals surface area contributed by atoms with Crippen LogP contribution in [0, 0.1) is 0 Å². The summed E-state index contributed by atoms with van der Waals surface area (Å²) in [6, 6.07) is 0. The molecule has 0 aromatic carbocycles. The Balaban J connectivity index is 4.16. The van der Waals surface area contributed by atoms with Crippen LogP contribution in [0.1, 0.15) is 335 Å². The van der Waals surface area contributed by atoms with Gasteiger partial charge in [-0.25, -0.2) is 0 Å². The van der Waals surface area contributed by atoms with Crippen LogP contribution < -0.4 is 0 Å². The highest BCUT2D eigenvalue weighted by molar-refractivity contribution is 5.72. The Kier molecular flexibility index (Phi) is 60.2. The molecule has 0 aliphatic heterocycles. The largest absolute Gasteiger partial charge is 0.462 e. The molecule has 0 aliphatic carbocycles. The van der Waals surface area contributed by atoms with Crippen molar-refractivity contribution < 1.29 is 28.6 Å². The molecule has 6 nitrogen and oxygen atoms in total. The Hall–Kier alpha value is -2.89. The van der Waals surface area contributed by atoms with Gasteiger partial charge in [-0.05, 0) is 44.9 Å². The van der Waals surface area contributed by atoms with Gasteiger partial charge in [0.1, 0.15) is 13.2 Å². The number of ether oxygens (including phenoxy) is 3. The first-order valence-electron chi connectivity index (χ1n) is 32.3. The molecule has 0 aromatic rings. The molecule has 430 valence electrons. The fourth-order valence-electron chi connectivity index (χ4n) is 9.52. The highest BCUT2D eigenvalue weighted by atomic mass is 16.6. The van der Waals surface area contributed by atoms with Crippen LogP contribution in [-0.2, 0) is 28.6 Å². The maximum atomic E-state index is 12.8. The van der Waals surface area contributed by atoms with Crippen LogP contribution in [0.2, 0.25) is 0 Å². The average Bonchev–Trinajstić information content (AvgIpc) is 3.40. The zero-order valence-corrected chi connectivity index (χ0v) is 49.4. The van der Waals surface area contributed by atoms with E-state index in [1.165, 1.54) is 225 Å². The average molecular weight is 1040 g/mol. The van der Waals surface area contributed by atoms with Crippen molar-refractivity contribution in [3.05, 3.63) is 60.8 Å². The number of allylic oxidation sites excluding steroid dienone is 9. The molecule has 0 N–H and O–H groups in total. The summed E-state index contributed by atoms with van der Waals surface area (Å²) in [5.41, 5.74) is 0. The summed E-state index contributed by atoms with van der Waals surface area (Å²) >= 11 is 0. The summed E-state index contributed by atoms with van der Waals surface area (Å²) in [6.07, 6.45) is 80.0. The topological polar surface area (TPSA) is 78.9 Å². The van der Waals surface area contributed by atoms with E-state index in [1.54, 1.807) is 6.08 Å². The van der Waals surface area contributed by atoms with E-state index in [1.807, 2.05) is 6.08 Å². The first-order valence-corrected chi connectivity index (χ1v) is 32.3. The van der Waals surface area contributed by atoms with E-state index >= 15 is 0 Å². The Morgan fingerprint density at radius 1 is 0.284 bits per heavy atom. The second-order valence-corrected chi connectivity index (χ2v) is 21.7. The molecule has 0 aromatic heterocycles. The molecule has 1 unspecified atom stereocenters. The van der Waals surface area contributed by atoms with E-state index in [4.69, 9.17) is 14.2 Å². The summed E-state index contributed by atoms with van der Waals surface area (Å²) in [5, 5.41) is 0. The maximum Gasteiger partial charge on any atom is 0.310 e. The molecule has 0 saturated carbocycles. The lowest BCUT2D eigenvalue weighted by molar-refractivity contribution is -0.166. The molecule has 0 radical (unpaired) electrons. The van der Waals surface area contributed by atoms with Crippen molar-refractivity contribution >= 4 is 17.9 Å². The quantitative estimate of drug-likeness (QED) is 0.0261. The minimum Gasteiger partial charge on any atom is -0.462 e. The van der Waals surface area contributed by atoms with E-state index in [-0.39, 0.29) is 31.6 Å². The molecule has 0 rings (SSSR count). The summed E-state index contributed by atoms with van der Waals surface area (Å²) < 4.78 is 16.8. The molecule has 0 spiro atoms. The van der Waals surface area contributed by atoms with Gasteiger partial charge >= 0.3 is 17.9 Å². The number of unbranched alkanes of at least 4 members (excludes halogenated alkanes) is 39. The van der Waals surface area contributed by atoms with Crippen molar-refractivity contribution in [2.75, 3.05) is 13.2 Å². The molecule has 0 saturated heterocycles. The van der Waals surface area contributed by atoms with Crippen LogP contribution in [0.4, 0.5) is 0 Å². The number of esters is 3. The standard InChI is InChI=1S/C68H122O6/c1-4-7-10-13-16-19-22-24-26-27-28-29-30-31-32-33-34-35-36-37-38-39-40-42-43-46-49-52-55-58-61-67(70)73-64-65(63-72-66(69)60-57-54-51-48-45-21-18-15-12-9-6-3)74-68(71)62-59-56-53-50-47-44-41-25-23-20-17-14-11-8-5-2/h8,11,17,20,25,41,47,50,56,59,65H,4-7,9-10,12-16,18-19,21-24,26-40,42-46,48-49,51-55,57-58,60-64H2,1-3H3/b11-8-,20-17-,41-25-,50-47-,59-56-. The van der Waals surface area contributed by atoms with Crippen LogP contribution in [-0.4, -0.2) is 37.2 Å². The second-order valence-electron chi connectivity index (χ2n) is 21.7. The Bertz CT molecular complexity index is 1330. The number of hydrogen-bond acceptors (Lipinski definition) is 6. The monoisotopic (exact) mass is 1030 g/mol. The van der Waals surface area contributed by atoms with Gasteiger partial charge in [0.2, 0.25) is 0 Å². The second kappa shape index (κ2) is 62.6. The summed E-state index contributed by atoms with van der Waals surface area (Å²) in [6.45, 7) is 6.48. The Morgan fingerprint density at radius 2 is 0.514 bits per heavy atom. The van der Waals surface area contributed by atoms with Gasteiger partial charge in [-0.15, -0.1) is 0 Å². The summed E-state index contributed by atoms with van der Waals surface area (Å²) in [7, 11) is 0. The van der Waals surface area contributed by atoms with Crippen LogP contribution in [0.25, 0.3) is 0 Å². The zero-order valence-electron chi connectivity index (χ0n) is 49.4. The van der Waals surface area contributed by atoms with Crippen molar-refractivity contribution in [3.8, 4) is 0 Å². The van der Waals surface area contributed by atoms with Crippen LogP contribution in [0.3, 0.4) is 0 Å². The highest BCUT2D eigenvalue weighted by Gasteiger charge is 2.19. The first-order chi connectivity index (χ1) is 36.5. The van der Waals surface area contributed by atoms with Crippen LogP contribution in [0.5, 0.6) is 0 Å². The van der Waals surface area contributed by atoms with Crippen LogP contribution in [0.15, 0.2) is 60.8 Å². The van der Waals surface area contributed by atoms with Gasteiger partial charge in [0.25, 0.3) is 0 Å². The molecule has 0 fully saturated rings. The van der Waals surface area contributed by atoms with Crippen molar-refractivity contribution in [1.82, 2.24) is 0 Å². The SMILES string of the molecule is CC/C=C\C/C=C\C/C=C\C/C=C\C/C=C\CC(=O)OC(COC(=O)CCCCCCCCCCCCC)COC(=O)CCCCCCCCCCCCCCCCCCCCCCCCCCCCCCCC. The van der Waals surface area contributed by atoms with Crippen molar-refractivity contribution in [2.24, 2.45) is 0 Å². The van der Waals surface area contributed by atoms with Gasteiger partial charge in [0.15, 0.2) is 6.10 Å². The smallest absolute Gasteiger partial charge is 0.310 e. The van der Waals surface area contributed by atoms with Gasteiger partial charge < -0.3 is 14.2 Å². The Morgan fingerprint density at radius 3 is 0.770 bits per heavy atom. The number of carbonyl (C=O) groups excluding carboxylic acids is 3. The molecule has 0 bridgehead atoms. The lowest BCUT2D eigenvalue weighted by Crippen LogP contribution is -2.30. The van der Waals surface area contributed by atoms with Gasteiger partial charge in [0, 0.05) is 12.8 Å². The normalized spacial score (nSPS) is 12.4. The molecule has 0 amide bonds. The van der Waals surface area contributed by atoms with Gasteiger partial charge in [0.05, 0.1) is 6.42 Å². The van der Waals surface area contributed by atoms with Gasteiger partial charge in [-0.2, -0.15) is 0 Å². The van der Waals surface area contributed by atoms with Gasteiger partial charge in [-0.1, -0.05) is 332 Å². The molecule has 6 heteroatoms. The zero-order chi connectivity index (χ0) is 53.6. The third-order valence-electron chi connectivity index (χ3n) is 14.3. The number of carbonyl (C=O) groups is 3. The molecular weight excluding hydrogens is 913 g/mol. The summed E-state index contributed by atoms with van der Waals surface area (Å²) in [5.74, 6) is -1.02. The van der Waals surface area contributed by atoms with Crippen molar-refractivity contribution in [3.63, 3.8) is 0 Å². The number of hydrogen-bond donors (Lipinski definition) is 0. The minimum absolute atomic E-state index is 0.102. The third kappa shape index (κ3) is 60.0. The van der Waals surface area contributed by atoms with E-state index < -0.39 is 12.1 Å². The fraction of sp³-hybridized carbons (Fsp3) is 0.809. The lowest BCUT2D eigenvalue weighted by atomic mass is 10.0. The molecular formula is C68H122O6. The van der Waals surface area contributed by atoms with Crippen LogP contribution >= 0.6 is 0 Å². The molecule has 74 heavy (non-hydrogen) atoms. The predicted octanol–water partition coefficient (Wildman–Crippen LogP) is 21.9. The number of rotatable bonds is 59. The lowest BCUT2D eigenvalue weighted by Gasteiger charge is -2.18. The van der Waals surface area contributed by atoms with E-state index in [0.29, 0.717) is 12.8 Å². The highest BCUT2D eigenvalue weighted by Crippen LogP contribution is 2.18. The summed E-state index contributed by atoms with van der Waals surface area (Å²) in [4.78, 5) is 38.1. The van der Waals surface area contributed by atoms with Crippen molar-refractivity contribution in [2.45, 2.75) is 341 Å². The minimum atomic E-state index is -0.825. The fourth-order valence-corrected chi connectivity index (χ4v) is 9.52. The molecule has 0 aliphatic rings. The predicted molar refractivity (Wildman–Crippen MR) is 321 cm³/mol. The van der Waals surface area contributed by atoms with Gasteiger partial charge in [-0.3, -0.25) is 14.4 Å². The molecule has 0 heterocycles. The Labute approximate surface area is 460 Å². The van der Waals surface area contributed by atoms with E-state index in [0.717, 1.165) is 70.6 Å². The molecule has 1 atom stereocenters. The van der Waals surface area contributed by atoms with E-state index in [9.17, 15) is 14.4 Å². The van der Waals surface area contributed by atoms with Crippen molar-refractivity contribution in [1.29, 1.82) is 0 Å².